The average molecular weight is 574 g/mol. The molecule has 0 amide bonds. The van der Waals surface area contributed by atoms with Crippen LogP contribution in [0.2, 0.25) is 0 Å². The maximum atomic E-state index is 6.45. The summed E-state index contributed by atoms with van der Waals surface area (Å²) < 4.78 is 25.8. The van der Waals surface area contributed by atoms with Crippen LogP contribution in [0.1, 0.15) is 132 Å². The van der Waals surface area contributed by atoms with E-state index in [1.807, 2.05) is 0 Å². The van der Waals surface area contributed by atoms with E-state index in [0.29, 0.717) is 0 Å². The molecule has 0 atom stereocenters. The van der Waals surface area contributed by atoms with Crippen LogP contribution in [0.4, 0.5) is 0 Å². The fraction of sp³-hybridized carbons (Fsp3) is 0.667. The van der Waals surface area contributed by atoms with E-state index in [4.69, 9.17) is 18.6 Å². The molecule has 4 rings (SSSR count). The Morgan fingerprint density at radius 3 is 1.12 bits per heavy atom. The maximum absolute atomic E-state index is 6.45. The molecule has 2 aromatic carbocycles. The van der Waals surface area contributed by atoms with Crippen LogP contribution in [-0.4, -0.2) is 36.6 Å². The molecule has 0 N–H and O–H groups in total. The molecule has 42 heavy (non-hydrogen) atoms. The summed E-state index contributed by atoms with van der Waals surface area (Å²) in [5.41, 5.74) is 6.24. The lowest BCUT2D eigenvalue weighted by atomic mass is 9.74. The summed E-state index contributed by atoms with van der Waals surface area (Å²) in [7, 11) is -0.699. The number of rotatable bonds is 13. The second-order valence-corrected chi connectivity index (χ2v) is 14.6. The highest BCUT2D eigenvalue weighted by Crippen LogP contribution is 2.38. The van der Waals surface area contributed by atoms with Crippen molar-refractivity contribution in [1.29, 1.82) is 0 Å². The lowest BCUT2D eigenvalue weighted by molar-refractivity contribution is 0.00578. The predicted octanol–water partition coefficient (Wildman–Crippen LogP) is 8.20. The number of aryl methyl sites for hydroxylation is 2. The molecule has 0 bridgehead atoms. The summed E-state index contributed by atoms with van der Waals surface area (Å²) in [4.78, 5) is 0. The summed E-state index contributed by atoms with van der Waals surface area (Å²) in [6.07, 6.45) is 12.0. The number of unbranched alkanes of at least 4 members (excludes halogenated alkanes) is 6. The highest BCUT2D eigenvalue weighted by atomic mass is 16.7. The quantitative estimate of drug-likeness (QED) is 0.179. The first-order valence-corrected chi connectivity index (χ1v) is 16.7. The predicted molar refractivity (Wildman–Crippen MR) is 179 cm³/mol. The zero-order valence-corrected chi connectivity index (χ0v) is 28.3. The van der Waals surface area contributed by atoms with Gasteiger partial charge in [0.1, 0.15) is 0 Å². The fourth-order valence-corrected chi connectivity index (χ4v) is 5.90. The number of hydrogen-bond acceptors (Lipinski definition) is 4. The van der Waals surface area contributed by atoms with Gasteiger partial charge in [0.2, 0.25) is 0 Å². The van der Waals surface area contributed by atoms with E-state index in [-0.39, 0.29) is 36.6 Å². The van der Waals surface area contributed by atoms with Gasteiger partial charge in [-0.05, 0) is 114 Å². The zero-order valence-electron chi connectivity index (χ0n) is 28.3. The largest absolute Gasteiger partial charge is 0.494 e. The SMILES string of the molecule is CCCCCCc1cc(B2OC(C)(C)C(C)(C)O2)ccc1-c1ccc(B2OC(C)(C)C(C)(C)O2)cc1CCCCCC. The minimum Gasteiger partial charge on any atom is -0.399 e. The normalized spacial score (nSPS) is 20.4. The van der Waals surface area contributed by atoms with Gasteiger partial charge in [0.05, 0.1) is 22.4 Å². The Kier molecular flexibility index (Phi) is 10.5. The molecule has 2 aliphatic heterocycles. The topological polar surface area (TPSA) is 36.9 Å². The van der Waals surface area contributed by atoms with Gasteiger partial charge in [-0.3, -0.25) is 0 Å². The van der Waals surface area contributed by atoms with Gasteiger partial charge < -0.3 is 18.6 Å². The molecule has 2 saturated heterocycles. The lowest BCUT2D eigenvalue weighted by Gasteiger charge is -2.32. The highest BCUT2D eigenvalue weighted by Gasteiger charge is 2.52. The van der Waals surface area contributed by atoms with Crippen LogP contribution in [0, 0.1) is 0 Å². The molecule has 230 valence electrons. The van der Waals surface area contributed by atoms with E-state index in [1.165, 1.54) is 73.6 Å². The van der Waals surface area contributed by atoms with Crippen molar-refractivity contribution in [2.24, 2.45) is 0 Å². The minimum atomic E-state index is -0.355. The van der Waals surface area contributed by atoms with Crippen molar-refractivity contribution in [3.05, 3.63) is 47.5 Å². The van der Waals surface area contributed by atoms with Crippen molar-refractivity contribution in [2.45, 2.75) is 156 Å². The maximum Gasteiger partial charge on any atom is 0.494 e. The third kappa shape index (κ3) is 7.20. The smallest absolute Gasteiger partial charge is 0.399 e. The van der Waals surface area contributed by atoms with Gasteiger partial charge in [-0.25, -0.2) is 0 Å². The van der Waals surface area contributed by atoms with E-state index >= 15 is 0 Å². The van der Waals surface area contributed by atoms with Crippen LogP contribution >= 0.6 is 0 Å². The standard InChI is InChI=1S/C36H56B2O4/c1-11-13-15-17-19-27-25-29(37-39-33(3,4)34(5,6)40-37)21-23-31(27)32-24-22-30(26-28(32)20-18-16-14-12-2)38-41-35(7,8)36(9,10)42-38/h21-26H,11-20H2,1-10H3. The Morgan fingerprint density at radius 1 is 0.476 bits per heavy atom. The van der Waals surface area contributed by atoms with Gasteiger partial charge in [-0.2, -0.15) is 0 Å². The zero-order chi connectivity index (χ0) is 30.8. The van der Waals surface area contributed by atoms with E-state index in [9.17, 15) is 0 Å². The van der Waals surface area contributed by atoms with Gasteiger partial charge in [0, 0.05) is 0 Å². The van der Waals surface area contributed by atoms with Gasteiger partial charge in [-0.15, -0.1) is 0 Å². The third-order valence-electron chi connectivity index (χ3n) is 10.2. The Bertz CT molecular complexity index is 1080. The minimum absolute atomic E-state index is 0.349. The third-order valence-corrected chi connectivity index (χ3v) is 10.2. The van der Waals surface area contributed by atoms with Gasteiger partial charge in [0.15, 0.2) is 0 Å². The first kappa shape index (κ1) is 33.3. The molecule has 2 fully saturated rings. The van der Waals surface area contributed by atoms with Gasteiger partial charge in [0.25, 0.3) is 0 Å². The van der Waals surface area contributed by atoms with Crippen LogP contribution in [0.3, 0.4) is 0 Å². The molecule has 0 spiro atoms. The number of hydrogen-bond donors (Lipinski definition) is 0. The second kappa shape index (κ2) is 13.2. The average Bonchev–Trinajstić information content (AvgIpc) is 3.28. The Morgan fingerprint density at radius 2 is 0.810 bits per heavy atom. The molecule has 0 aliphatic carbocycles. The Balaban J connectivity index is 1.71. The molecule has 2 heterocycles. The molecular formula is C36H56B2O4. The monoisotopic (exact) mass is 574 g/mol. The first-order valence-electron chi connectivity index (χ1n) is 16.7. The first-order chi connectivity index (χ1) is 19.7. The van der Waals surface area contributed by atoms with Crippen molar-refractivity contribution in [3.63, 3.8) is 0 Å². The van der Waals surface area contributed by atoms with Crippen molar-refractivity contribution >= 4 is 25.2 Å². The van der Waals surface area contributed by atoms with E-state index < -0.39 is 0 Å². The van der Waals surface area contributed by atoms with E-state index in [0.717, 1.165) is 23.8 Å². The Labute approximate surface area is 257 Å². The van der Waals surface area contributed by atoms with Crippen LogP contribution in [0.15, 0.2) is 36.4 Å². The summed E-state index contributed by atoms with van der Waals surface area (Å²) >= 11 is 0. The lowest BCUT2D eigenvalue weighted by Crippen LogP contribution is -2.41. The van der Waals surface area contributed by atoms with Crippen molar-refractivity contribution in [2.75, 3.05) is 0 Å². The molecule has 0 saturated carbocycles. The molecule has 0 unspecified atom stereocenters. The molecular weight excluding hydrogens is 518 g/mol. The summed E-state index contributed by atoms with van der Waals surface area (Å²) in [5.74, 6) is 0. The molecule has 2 aliphatic rings. The van der Waals surface area contributed by atoms with E-state index in [2.05, 4.69) is 106 Å². The summed E-state index contributed by atoms with van der Waals surface area (Å²) in [5, 5.41) is 0. The van der Waals surface area contributed by atoms with Crippen LogP contribution < -0.4 is 10.9 Å². The number of benzene rings is 2. The Hall–Kier alpha value is -1.59. The molecule has 6 heteroatoms. The van der Waals surface area contributed by atoms with Crippen molar-refractivity contribution in [3.8, 4) is 11.1 Å². The van der Waals surface area contributed by atoms with Gasteiger partial charge >= 0.3 is 14.2 Å². The fourth-order valence-electron chi connectivity index (χ4n) is 5.90. The molecule has 0 aromatic heterocycles. The van der Waals surface area contributed by atoms with Crippen molar-refractivity contribution in [1.82, 2.24) is 0 Å². The van der Waals surface area contributed by atoms with Crippen LogP contribution in [-0.2, 0) is 31.5 Å². The molecule has 0 radical (unpaired) electrons. The molecule has 2 aromatic rings. The molecule has 4 nitrogen and oxygen atoms in total. The van der Waals surface area contributed by atoms with Crippen molar-refractivity contribution < 1.29 is 18.6 Å². The summed E-state index contributed by atoms with van der Waals surface area (Å²) in [6.45, 7) is 21.5. The second-order valence-electron chi connectivity index (χ2n) is 14.6. The van der Waals surface area contributed by atoms with Crippen LogP contribution in [0.25, 0.3) is 11.1 Å². The van der Waals surface area contributed by atoms with E-state index in [1.54, 1.807) is 0 Å². The summed E-state index contributed by atoms with van der Waals surface area (Å²) in [6, 6.07) is 13.8. The highest BCUT2D eigenvalue weighted by molar-refractivity contribution is 6.62. The van der Waals surface area contributed by atoms with Crippen LogP contribution in [0.5, 0.6) is 0 Å². The van der Waals surface area contributed by atoms with Gasteiger partial charge in [-0.1, -0.05) is 88.8 Å².